The van der Waals surface area contributed by atoms with Crippen LogP contribution in [0.15, 0.2) is 23.1 Å². The number of carbonyl (C=O) groups is 1. The second kappa shape index (κ2) is 6.59. The van der Waals surface area contributed by atoms with E-state index in [-0.39, 0.29) is 29.4 Å². The van der Waals surface area contributed by atoms with Crippen LogP contribution in [0.3, 0.4) is 0 Å². The Hall–Kier alpha value is -1.44. The minimum Gasteiger partial charge on any atom is -0.396 e. The molecule has 0 unspecified atom stereocenters. The van der Waals surface area contributed by atoms with Gasteiger partial charge >= 0.3 is 0 Å². The maximum absolute atomic E-state index is 12.6. The number of carbonyl (C=O) groups excluding carboxylic acids is 1. The van der Waals surface area contributed by atoms with Gasteiger partial charge in [-0.3, -0.25) is 4.79 Å². The largest absolute Gasteiger partial charge is 0.396 e. The minimum absolute atomic E-state index is 0.0141. The highest BCUT2D eigenvalue weighted by Gasteiger charge is 2.30. The molecule has 3 N–H and O–H groups in total. The Kier molecular flexibility index (Phi) is 4.70. The monoisotopic (exact) mass is 338 g/mol. The van der Waals surface area contributed by atoms with Gasteiger partial charge in [0.25, 0.3) is 5.91 Å². The first-order chi connectivity index (χ1) is 11.0. The average molecular weight is 338 g/mol. The van der Waals surface area contributed by atoms with E-state index in [1.807, 2.05) is 0 Å². The van der Waals surface area contributed by atoms with Crippen molar-refractivity contribution in [1.82, 2.24) is 10.0 Å². The molecule has 0 radical (unpaired) electrons. The van der Waals surface area contributed by atoms with Crippen molar-refractivity contribution in [2.45, 2.75) is 43.0 Å². The maximum Gasteiger partial charge on any atom is 0.251 e. The molecule has 1 aromatic rings. The number of nitrogens with one attached hydrogen (secondary N) is 2. The minimum atomic E-state index is -3.70. The van der Waals surface area contributed by atoms with Gasteiger partial charge in [-0.15, -0.1) is 0 Å². The van der Waals surface area contributed by atoms with Crippen LogP contribution in [0, 0.1) is 5.92 Å². The lowest BCUT2D eigenvalue weighted by molar-refractivity contribution is 0.0945. The quantitative estimate of drug-likeness (QED) is 0.757. The van der Waals surface area contributed by atoms with Gasteiger partial charge in [0.1, 0.15) is 0 Å². The molecule has 2 atom stereocenters. The Morgan fingerprint density at radius 3 is 2.83 bits per heavy atom. The van der Waals surface area contributed by atoms with Gasteiger partial charge in [-0.1, -0.05) is 18.9 Å². The summed E-state index contributed by atoms with van der Waals surface area (Å²) in [5.74, 6) is -0.270. The van der Waals surface area contributed by atoms with Gasteiger partial charge < -0.3 is 10.4 Å². The summed E-state index contributed by atoms with van der Waals surface area (Å²) in [5, 5.41) is 12.2. The molecule has 0 saturated heterocycles. The molecule has 7 heteroatoms. The fourth-order valence-electron chi connectivity index (χ4n) is 3.41. The van der Waals surface area contributed by atoms with Crippen molar-refractivity contribution in [3.05, 3.63) is 29.3 Å². The Labute approximate surface area is 136 Å². The average Bonchev–Trinajstić information content (AvgIpc) is 2.55. The predicted molar refractivity (Wildman–Crippen MR) is 85.6 cm³/mol. The Morgan fingerprint density at radius 2 is 2.04 bits per heavy atom. The third kappa shape index (κ3) is 3.41. The molecule has 23 heavy (non-hydrogen) atoms. The zero-order valence-electron chi connectivity index (χ0n) is 12.9. The van der Waals surface area contributed by atoms with E-state index in [1.165, 1.54) is 6.07 Å². The van der Waals surface area contributed by atoms with Crippen LogP contribution in [-0.4, -0.2) is 38.6 Å². The zero-order chi connectivity index (χ0) is 16.4. The summed E-state index contributed by atoms with van der Waals surface area (Å²) in [6.07, 6.45) is 4.24. The molecule has 0 bridgehead atoms. The molecular weight excluding hydrogens is 316 g/mol. The third-order valence-corrected chi connectivity index (χ3v) is 6.25. The van der Waals surface area contributed by atoms with Crippen molar-refractivity contribution in [3.63, 3.8) is 0 Å². The summed E-state index contributed by atoms with van der Waals surface area (Å²) in [5.41, 5.74) is 1.31. The van der Waals surface area contributed by atoms with E-state index >= 15 is 0 Å². The summed E-state index contributed by atoms with van der Waals surface area (Å²) in [7, 11) is -3.70. The number of aliphatic hydroxyl groups excluding tert-OH is 1. The second-order valence-corrected chi connectivity index (χ2v) is 7.99. The number of rotatable bonds is 4. The normalized spacial score (nSPS) is 24.8. The molecule has 1 saturated carbocycles. The van der Waals surface area contributed by atoms with Crippen LogP contribution < -0.4 is 10.0 Å². The fraction of sp³-hybridized carbons (Fsp3) is 0.562. The lowest BCUT2D eigenvalue weighted by atomic mass is 9.86. The summed E-state index contributed by atoms with van der Waals surface area (Å²) in [6.45, 7) is 0.566. The molecule has 3 rings (SSSR count). The van der Waals surface area contributed by atoms with Crippen LogP contribution in [0.2, 0.25) is 0 Å². The van der Waals surface area contributed by atoms with Crippen LogP contribution >= 0.6 is 0 Å². The van der Waals surface area contributed by atoms with Gasteiger partial charge in [0.2, 0.25) is 10.0 Å². The molecule has 126 valence electrons. The topological polar surface area (TPSA) is 95.5 Å². The van der Waals surface area contributed by atoms with Gasteiger partial charge in [-0.25, -0.2) is 13.1 Å². The van der Waals surface area contributed by atoms with Crippen LogP contribution in [0.1, 0.15) is 41.6 Å². The van der Waals surface area contributed by atoms with Crippen molar-refractivity contribution in [1.29, 1.82) is 0 Å². The summed E-state index contributed by atoms with van der Waals surface area (Å²) in [6, 6.07) is 4.47. The molecule has 0 spiro atoms. The first kappa shape index (κ1) is 16.4. The molecule has 6 nitrogen and oxygen atoms in total. The SMILES string of the molecule is O=C1NCCc2ccc(S(=O)(=O)N[C@@H]3CCCC[C@@H]3CO)cc21. The Bertz CT molecular complexity index is 702. The first-order valence-electron chi connectivity index (χ1n) is 8.05. The second-order valence-electron chi connectivity index (χ2n) is 6.28. The smallest absolute Gasteiger partial charge is 0.251 e. The van der Waals surface area contributed by atoms with Crippen molar-refractivity contribution in [2.24, 2.45) is 5.92 Å². The molecule has 1 fully saturated rings. The van der Waals surface area contributed by atoms with E-state index in [9.17, 15) is 18.3 Å². The maximum atomic E-state index is 12.6. The van der Waals surface area contributed by atoms with Gasteiger partial charge in [-0.05, 0) is 42.9 Å². The number of benzene rings is 1. The third-order valence-electron chi connectivity index (χ3n) is 4.77. The van der Waals surface area contributed by atoms with E-state index in [1.54, 1.807) is 12.1 Å². The van der Waals surface area contributed by atoms with Crippen LogP contribution in [-0.2, 0) is 16.4 Å². The predicted octanol–water partition coefficient (Wildman–Crippen LogP) is 0.802. The number of hydrogen-bond acceptors (Lipinski definition) is 4. The number of aliphatic hydroxyl groups is 1. The summed E-state index contributed by atoms with van der Waals surface area (Å²) < 4.78 is 28.0. The van der Waals surface area contributed by atoms with Crippen LogP contribution in [0.4, 0.5) is 0 Å². The molecule has 2 aliphatic rings. The van der Waals surface area contributed by atoms with Crippen molar-refractivity contribution in [3.8, 4) is 0 Å². The van der Waals surface area contributed by atoms with E-state index in [0.717, 1.165) is 31.2 Å². The molecule has 0 aromatic heterocycles. The number of sulfonamides is 1. The highest BCUT2D eigenvalue weighted by atomic mass is 32.2. The van der Waals surface area contributed by atoms with Crippen LogP contribution in [0.5, 0.6) is 0 Å². The van der Waals surface area contributed by atoms with E-state index < -0.39 is 10.0 Å². The Morgan fingerprint density at radius 1 is 1.26 bits per heavy atom. The van der Waals surface area contributed by atoms with E-state index in [2.05, 4.69) is 10.0 Å². The summed E-state index contributed by atoms with van der Waals surface area (Å²) in [4.78, 5) is 12.0. The molecular formula is C16H22N2O4S. The standard InChI is InChI=1S/C16H22N2O4S/c19-10-12-3-1-2-4-15(12)18-23(21,22)13-6-5-11-7-8-17-16(20)14(11)9-13/h5-6,9,12,15,18-19H,1-4,7-8,10H2,(H,17,20)/t12-,15-/m1/s1. The molecule has 1 aliphatic heterocycles. The zero-order valence-corrected chi connectivity index (χ0v) is 13.7. The molecule has 1 amide bonds. The van der Waals surface area contributed by atoms with Gasteiger partial charge in [0, 0.05) is 24.8 Å². The van der Waals surface area contributed by atoms with Gasteiger partial charge in [0.15, 0.2) is 0 Å². The molecule has 1 aliphatic carbocycles. The molecule has 1 heterocycles. The lowest BCUT2D eigenvalue weighted by Gasteiger charge is -2.30. The first-order valence-corrected chi connectivity index (χ1v) is 9.54. The van der Waals surface area contributed by atoms with Gasteiger partial charge in [0.05, 0.1) is 4.90 Å². The Balaban J connectivity index is 1.85. The number of hydrogen-bond donors (Lipinski definition) is 3. The fourth-order valence-corrected chi connectivity index (χ4v) is 4.77. The highest BCUT2D eigenvalue weighted by molar-refractivity contribution is 7.89. The summed E-state index contributed by atoms with van der Waals surface area (Å²) >= 11 is 0. The highest BCUT2D eigenvalue weighted by Crippen LogP contribution is 2.26. The van der Waals surface area contributed by atoms with E-state index in [4.69, 9.17) is 0 Å². The van der Waals surface area contributed by atoms with Crippen molar-refractivity contribution >= 4 is 15.9 Å². The van der Waals surface area contributed by atoms with Crippen molar-refractivity contribution in [2.75, 3.05) is 13.2 Å². The molecule has 1 aromatic carbocycles. The number of fused-ring (bicyclic) bond motifs is 1. The lowest BCUT2D eigenvalue weighted by Crippen LogP contribution is -2.43. The van der Waals surface area contributed by atoms with Crippen molar-refractivity contribution < 1.29 is 18.3 Å². The van der Waals surface area contributed by atoms with Crippen LogP contribution in [0.25, 0.3) is 0 Å². The van der Waals surface area contributed by atoms with Gasteiger partial charge in [-0.2, -0.15) is 0 Å². The van der Waals surface area contributed by atoms with E-state index in [0.29, 0.717) is 18.5 Å². The number of amides is 1.